The summed E-state index contributed by atoms with van der Waals surface area (Å²) in [5.74, 6) is 0.149. The highest BCUT2D eigenvalue weighted by molar-refractivity contribution is 6.17. The van der Waals surface area contributed by atoms with Gasteiger partial charge in [-0.25, -0.2) is 0 Å². The van der Waals surface area contributed by atoms with Crippen LogP contribution in [-0.2, 0) is 0 Å². The van der Waals surface area contributed by atoms with E-state index in [0.717, 1.165) is 27.8 Å². The van der Waals surface area contributed by atoms with Gasteiger partial charge in [-0.15, -0.1) is 0 Å². The van der Waals surface area contributed by atoms with Crippen LogP contribution in [0.2, 0.25) is 0 Å². The lowest BCUT2D eigenvalue weighted by Gasteiger charge is -2.13. The normalized spacial score (nSPS) is 18.0. The van der Waals surface area contributed by atoms with E-state index in [9.17, 15) is 4.79 Å². The SMILES string of the molecule is Cc1ccc(/C=C2\C(=O)c3ccccc3[C@@H]2c2ccccc2)cc1. The van der Waals surface area contributed by atoms with Crippen molar-refractivity contribution in [3.8, 4) is 0 Å². The van der Waals surface area contributed by atoms with Crippen molar-refractivity contribution < 1.29 is 4.79 Å². The van der Waals surface area contributed by atoms with Crippen LogP contribution in [0.5, 0.6) is 0 Å². The van der Waals surface area contributed by atoms with E-state index >= 15 is 0 Å². The van der Waals surface area contributed by atoms with Gasteiger partial charge in [-0.3, -0.25) is 4.79 Å². The van der Waals surface area contributed by atoms with E-state index in [1.807, 2.05) is 42.5 Å². The monoisotopic (exact) mass is 310 g/mol. The van der Waals surface area contributed by atoms with E-state index in [4.69, 9.17) is 0 Å². The Morgan fingerprint density at radius 3 is 2.21 bits per heavy atom. The predicted octanol–water partition coefficient (Wildman–Crippen LogP) is 5.41. The molecule has 0 bridgehead atoms. The fraction of sp³-hybridized carbons (Fsp3) is 0.0870. The Labute approximate surface area is 142 Å². The van der Waals surface area contributed by atoms with Gasteiger partial charge in [0.15, 0.2) is 5.78 Å². The van der Waals surface area contributed by atoms with E-state index in [1.54, 1.807) is 0 Å². The van der Waals surface area contributed by atoms with Gasteiger partial charge in [0, 0.05) is 17.1 Å². The molecule has 0 saturated carbocycles. The number of benzene rings is 3. The highest BCUT2D eigenvalue weighted by Gasteiger charge is 2.34. The number of aryl methyl sites for hydroxylation is 1. The molecule has 1 aliphatic carbocycles. The van der Waals surface area contributed by atoms with E-state index in [1.165, 1.54) is 5.56 Å². The van der Waals surface area contributed by atoms with Crippen LogP contribution >= 0.6 is 0 Å². The van der Waals surface area contributed by atoms with Gasteiger partial charge in [-0.05, 0) is 29.7 Å². The van der Waals surface area contributed by atoms with Gasteiger partial charge < -0.3 is 0 Å². The Balaban J connectivity index is 1.88. The lowest BCUT2D eigenvalue weighted by atomic mass is 9.89. The first-order chi connectivity index (χ1) is 11.7. The molecule has 0 aromatic heterocycles. The zero-order chi connectivity index (χ0) is 16.5. The van der Waals surface area contributed by atoms with Crippen LogP contribution in [0.15, 0.2) is 84.4 Å². The summed E-state index contributed by atoms with van der Waals surface area (Å²) in [4.78, 5) is 13.0. The van der Waals surface area contributed by atoms with Crippen LogP contribution in [0.25, 0.3) is 6.08 Å². The smallest absolute Gasteiger partial charge is 0.190 e. The van der Waals surface area contributed by atoms with Gasteiger partial charge in [0.2, 0.25) is 0 Å². The van der Waals surface area contributed by atoms with Gasteiger partial charge in [0.25, 0.3) is 0 Å². The molecule has 0 spiro atoms. The quantitative estimate of drug-likeness (QED) is 0.579. The second kappa shape index (κ2) is 5.93. The van der Waals surface area contributed by atoms with Gasteiger partial charge in [-0.1, -0.05) is 84.4 Å². The van der Waals surface area contributed by atoms with Crippen LogP contribution in [0.3, 0.4) is 0 Å². The molecule has 1 nitrogen and oxygen atoms in total. The third-order valence-corrected chi connectivity index (χ3v) is 4.62. The Bertz CT molecular complexity index is 918. The number of fused-ring (bicyclic) bond motifs is 1. The van der Waals surface area contributed by atoms with Crippen LogP contribution in [0, 0.1) is 6.92 Å². The van der Waals surface area contributed by atoms with Gasteiger partial charge in [0.1, 0.15) is 0 Å². The molecule has 1 aliphatic rings. The third kappa shape index (κ3) is 2.48. The topological polar surface area (TPSA) is 17.1 Å². The van der Waals surface area contributed by atoms with E-state index in [-0.39, 0.29) is 11.7 Å². The summed E-state index contributed by atoms with van der Waals surface area (Å²) in [5.41, 5.74) is 6.23. The number of hydrogen-bond donors (Lipinski definition) is 0. The number of Topliss-reactive ketones (excluding diaryl/α,β-unsaturated/α-hetero) is 1. The lowest BCUT2D eigenvalue weighted by Crippen LogP contribution is -2.02. The lowest BCUT2D eigenvalue weighted by molar-refractivity contribution is 0.103. The summed E-state index contributed by atoms with van der Waals surface area (Å²) >= 11 is 0. The molecule has 0 saturated heterocycles. The Kier molecular flexibility index (Phi) is 3.62. The number of allylic oxidation sites excluding steroid dienone is 1. The third-order valence-electron chi connectivity index (χ3n) is 4.62. The summed E-state index contributed by atoms with van der Waals surface area (Å²) in [6, 6.07) is 26.5. The van der Waals surface area contributed by atoms with E-state index in [0.29, 0.717) is 0 Å². The molecule has 116 valence electrons. The average molecular weight is 310 g/mol. The minimum absolute atomic E-state index is 0.0104. The van der Waals surface area contributed by atoms with Crippen LogP contribution in [-0.4, -0.2) is 5.78 Å². The maximum atomic E-state index is 13.0. The first-order valence-electron chi connectivity index (χ1n) is 8.21. The minimum Gasteiger partial charge on any atom is -0.289 e. The summed E-state index contributed by atoms with van der Waals surface area (Å²) in [6.07, 6.45) is 2.04. The summed E-state index contributed by atoms with van der Waals surface area (Å²) < 4.78 is 0. The van der Waals surface area contributed by atoms with Crippen molar-refractivity contribution in [3.63, 3.8) is 0 Å². The number of rotatable bonds is 2. The summed E-state index contributed by atoms with van der Waals surface area (Å²) in [5, 5.41) is 0. The molecule has 1 atom stereocenters. The zero-order valence-corrected chi connectivity index (χ0v) is 13.6. The second-order valence-corrected chi connectivity index (χ2v) is 6.27. The maximum absolute atomic E-state index is 13.0. The Hall–Kier alpha value is -2.93. The maximum Gasteiger partial charge on any atom is 0.190 e. The zero-order valence-electron chi connectivity index (χ0n) is 13.6. The number of ketones is 1. The molecular formula is C23H18O. The molecule has 3 aromatic carbocycles. The molecule has 3 aromatic rings. The van der Waals surface area contributed by atoms with Crippen LogP contribution in [0.1, 0.15) is 38.5 Å². The minimum atomic E-state index is 0.0104. The molecule has 0 amide bonds. The van der Waals surface area contributed by atoms with Crippen molar-refractivity contribution in [2.24, 2.45) is 0 Å². The average Bonchev–Trinajstić information content (AvgIpc) is 2.90. The van der Waals surface area contributed by atoms with Crippen molar-refractivity contribution in [2.45, 2.75) is 12.8 Å². The molecule has 24 heavy (non-hydrogen) atoms. The fourth-order valence-electron chi connectivity index (χ4n) is 3.41. The first kappa shape index (κ1) is 14.6. The molecule has 1 heteroatoms. The number of carbonyl (C=O) groups is 1. The molecule has 0 aliphatic heterocycles. The number of hydrogen-bond acceptors (Lipinski definition) is 1. The molecule has 0 unspecified atom stereocenters. The summed E-state index contributed by atoms with van der Waals surface area (Å²) in [6.45, 7) is 2.07. The Morgan fingerprint density at radius 2 is 1.46 bits per heavy atom. The number of carbonyl (C=O) groups excluding carboxylic acids is 1. The van der Waals surface area contributed by atoms with Gasteiger partial charge >= 0.3 is 0 Å². The van der Waals surface area contributed by atoms with Crippen molar-refractivity contribution in [1.29, 1.82) is 0 Å². The highest BCUT2D eigenvalue weighted by atomic mass is 16.1. The van der Waals surface area contributed by atoms with E-state index < -0.39 is 0 Å². The Morgan fingerprint density at radius 1 is 0.792 bits per heavy atom. The van der Waals surface area contributed by atoms with Gasteiger partial charge in [-0.2, -0.15) is 0 Å². The second-order valence-electron chi connectivity index (χ2n) is 6.27. The standard InChI is InChI=1S/C23H18O/c1-16-11-13-17(14-12-16)15-21-22(18-7-3-2-4-8-18)19-9-5-6-10-20(19)23(21)24/h2-15,22H,1H3/b21-15-/t22-/m0/s1. The van der Waals surface area contributed by atoms with Crippen LogP contribution in [0.4, 0.5) is 0 Å². The highest BCUT2D eigenvalue weighted by Crippen LogP contribution is 2.42. The van der Waals surface area contributed by atoms with E-state index in [2.05, 4.69) is 49.4 Å². The molecule has 0 radical (unpaired) electrons. The van der Waals surface area contributed by atoms with Crippen molar-refractivity contribution in [2.75, 3.05) is 0 Å². The molecular weight excluding hydrogens is 292 g/mol. The largest absolute Gasteiger partial charge is 0.289 e. The molecule has 0 N–H and O–H groups in total. The predicted molar refractivity (Wildman–Crippen MR) is 98.2 cm³/mol. The van der Waals surface area contributed by atoms with Gasteiger partial charge in [0.05, 0.1) is 0 Å². The first-order valence-corrected chi connectivity index (χ1v) is 8.21. The molecule has 0 heterocycles. The van der Waals surface area contributed by atoms with Crippen molar-refractivity contribution in [3.05, 3.63) is 112 Å². The fourth-order valence-corrected chi connectivity index (χ4v) is 3.41. The van der Waals surface area contributed by atoms with Crippen molar-refractivity contribution in [1.82, 2.24) is 0 Å². The summed E-state index contributed by atoms with van der Waals surface area (Å²) in [7, 11) is 0. The molecule has 0 fully saturated rings. The van der Waals surface area contributed by atoms with Crippen molar-refractivity contribution >= 4 is 11.9 Å². The molecule has 4 rings (SSSR count). The van der Waals surface area contributed by atoms with Crippen LogP contribution < -0.4 is 0 Å².